The van der Waals surface area contributed by atoms with E-state index in [9.17, 15) is 0 Å². The van der Waals surface area contributed by atoms with E-state index in [4.69, 9.17) is 4.74 Å². The number of para-hydroxylation sites is 1. The molecule has 4 heteroatoms. The highest BCUT2D eigenvalue weighted by Gasteiger charge is 2.25. The second kappa shape index (κ2) is 5.82. The van der Waals surface area contributed by atoms with Crippen LogP contribution < -0.4 is 10.1 Å². The summed E-state index contributed by atoms with van der Waals surface area (Å²) in [7, 11) is 0. The number of amidine groups is 1. The molecule has 2 aromatic rings. The molecule has 0 radical (unpaired) electrons. The lowest BCUT2D eigenvalue weighted by Crippen LogP contribution is -2.15. The Bertz CT molecular complexity index is 636. The van der Waals surface area contributed by atoms with Crippen molar-refractivity contribution in [3.05, 3.63) is 54.6 Å². The molecule has 0 fully saturated rings. The fourth-order valence-corrected chi connectivity index (χ4v) is 3.06. The summed E-state index contributed by atoms with van der Waals surface area (Å²) in [5.74, 6) is 2.69. The van der Waals surface area contributed by atoms with E-state index in [-0.39, 0.29) is 5.54 Å². The lowest BCUT2D eigenvalue weighted by molar-refractivity contribution is 0.483. The van der Waals surface area contributed by atoms with Gasteiger partial charge >= 0.3 is 0 Å². The molecule has 3 nitrogen and oxygen atoms in total. The van der Waals surface area contributed by atoms with Crippen LogP contribution in [0, 0.1) is 0 Å². The van der Waals surface area contributed by atoms with E-state index in [0.717, 1.165) is 28.1 Å². The van der Waals surface area contributed by atoms with Gasteiger partial charge in [-0.25, -0.2) is 0 Å². The van der Waals surface area contributed by atoms with Crippen LogP contribution in [-0.4, -0.2) is 16.5 Å². The molecule has 108 valence electrons. The van der Waals surface area contributed by atoms with Gasteiger partial charge in [0.05, 0.1) is 5.54 Å². The van der Waals surface area contributed by atoms with Gasteiger partial charge in [-0.3, -0.25) is 4.99 Å². The van der Waals surface area contributed by atoms with Gasteiger partial charge in [-0.1, -0.05) is 30.0 Å². The molecule has 2 aromatic carbocycles. The summed E-state index contributed by atoms with van der Waals surface area (Å²) in [6.45, 7) is 4.29. The van der Waals surface area contributed by atoms with Gasteiger partial charge in [0.15, 0.2) is 5.17 Å². The molecular weight excluding hydrogens is 280 g/mol. The first kappa shape index (κ1) is 14.0. The summed E-state index contributed by atoms with van der Waals surface area (Å²) in [6.07, 6.45) is 0. The molecule has 0 saturated carbocycles. The van der Waals surface area contributed by atoms with Crippen molar-refractivity contribution in [3.8, 4) is 11.5 Å². The Morgan fingerprint density at radius 1 is 1.00 bits per heavy atom. The molecule has 0 aliphatic carbocycles. The maximum Gasteiger partial charge on any atom is 0.161 e. The van der Waals surface area contributed by atoms with Crippen LogP contribution in [0.2, 0.25) is 0 Å². The number of aliphatic imine (C=N–C) groups is 1. The Morgan fingerprint density at radius 3 is 2.29 bits per heavy atom. The number of anilines is 1. The lowest BCUT2D eigenvalue weighted by Gasteiger charge is -2.09. The summed E-state index contributed by atoms with van der Waals surface area (Å²) < 4.78 is 5.77. The fourth-order valence-electron chi connectivity index (χ4n) is 2.00. The Hall–Kier alpha value is -1.94. The van der Waals surface area contributed by atoms with Crippen LogP contribution in [0.25, 0.3) is 0 Å². The van der Waals surface area contributed by atoms with Crippen molar-refractivity contribution >= 4 is 22.6 Å². The Labute approximate surface area is 129 Å². The van der Waals surface area contributed by atoms with Crippen molar-refractivity contribution in [2.75, 3.05) is 11.1 Å². The molecule has 0 aromatic heterocycles. The van der Waals surface area contributed by atoms with E-state index in [1.54, 1.807) is 11.8 Å². The van der Waals surface area contributed by atoms with Gasteiger partial charge in [0.25, 0.3) is 0 Å². The summed E-state index contributed by atoms with van der Waals surface area (Å²) in [4.78, 5) is 4.64. The molecule has 21 heavy (non-hydrogen) atoms. The zero-order valence-corrected chi connectivity index (χ0v) is 13.0. The van der Waals surface area contributed by atoms with Gasteiger partial charge in [0, 0.05) is 11.4 Å². The Morgan fingerprint density at radius 2 is 1.67 bits per heavy atom. The van der Waals surface area contributed by atoms with Gasteiger partial charge in [-0.2, -0.15) is 0 Å². The summed E-state index contributed by atoms with van der Waals surface area (Å²) in [5.41, 5.74) is 1.06. The SMILES string of the molecule is CC1(C)CSC(Nc2ccc(Oc3ccccc3)cc2)=N1. The summed E-state index contributed by atoms with van der Waals surface area (Å²) >= 11 is 1.76. The number of benzene rings is 2. The molecule has 0 spiro atoms. The maximum atomic E-state index is 5.77. The first-order chi connectivity index (χ1) is 10.1. The van der Waals surface area contributed by atoms with Gasteiger partial charge in [-0.05, 0) is 50.2 Å². The highest BCUT2D eigenvalue weighted by atomic mass is 32.2. The minimum atomic E-state index is 0.0311. The predicted octanol–water partition coefficient (Wildman–Crippen LogP) is 4.77. The largest absolute Gasteiger partial charge is 0.457 e. The number of ether oxygens (including phenoxy) is 1. The number of rotatable bonds is 3. The minimum absolute atomic E-state index is 0.0311. The summed E-state index contributed by atoms with van der Waals surface area (Å²) in [6, 6.07) is 17.7. The molecule has 0 atom stereocenters. The van der Waals surface area contributed by atoms with Gasteiger partial charge in [0.1, 0.15) is 11.5 Å². The molecule has 1 aliphatic rings. The number of hydrogen-bond acceptors (Lipinski definition) is 4. The molecule has 1 aliphatic heterocycles. The predicted molar refractivity (Wildman–Crippen MR) is 90.6 cm³/mol. The molecule has 0 bridgehead atoms. The molecule has 0 saturated heterocycles. The molecule has 0 unspecified atom stereocenters. The Kier molecular flexibility index (Phi) is 3.88. The quantitative estimate of drug-likeness (QED) is 0.886. The van der Waals surface area contributed by atoms with E-state index in [1.807, 2.05) is 54.6 Å². The zero-order valence-electron chi connectivity index (χ0n) is 12.2. The normalized spacial score (nSPS) is 16.4. The van der Waals surface area contributed by atoms with E-state index < -0.39 is 0 Å². The van der Waals surface area contributed by atoms with Crippen LogP contribution in [-0.2, 0) is 0 Å². The molecule has 1 N–H and O–H groups in total. The molecule has 0 amide bonds. The van der Waals surface area contributed by atoms with Crippen LogP contribution in [0.1, 0.15) is 13.8 Å². The highest BCUT2D eigenvalue weighted by molar-refractivity contribution is 8.14. The van der Waals surface area contributed by atoms with Crippen LogP contribution >= 0.6 is 11.8 Å². The molecule has 3 rings (SSSR count). The number of hydrogen-bond donors (Lipinski definition) is 1. The van der Waals surface area contributed by atoms with Gasteiger partial charge in [-0.15, -0.1) is 0 Å². The van der Waals surface area contributed by atoms with Crippen LogP contribution in [0.3, 0.4) is 0 Å². The van der Waals surface area contributed by atoms with Gasteiger partial charge < -0.3 is 10.1 Å². The second-order valence-corrected chi connectivity index (χ2v) is 6.55. The number of thioether (sulfide) groups is 1. The van der Waals surface area contributed by atoms with E-state index in [0.29, 0.717) is 0 Å². The topological polar surface area (TPSA) is 33.6 Å². The number of nitrogens with one attached hydrogen (secondary N) is 1. The van der Waals surface area contributed by atoms with E-state index in [2.05, 4.69) is 24.2 Å². The van der Waals surface area contributed by atoms with Gasteiger partial charge in [0.2, 0.25) is 0 Å². The maximum absolute atomic E-state index is 5.77. The van der Waals surface area contributed by atoms with Crippen LogP contribution in [0.4, 0.5) is 5.69 Å². The zero-order chi connectivity index (χ0) is 14.7. The number of nitrogens with zero attached hydrogens (tertiary/aromatic N) is 1. The van der Waals surface area contributed by atoms with Crippen molar-refractivity contribution in [3.63, 3.8) is 0 Å². The minimum Gasteiger partial charge on any atom is -0.457 e. The van der Waals surface area contributed by atoms with Crippen LogP contribution in [0.5, 0.6) is 11.5 Å². The average Bonchev–Trinajstić information content (AvgIpc) is 2.81. The molecule has 1 heterocycles. The average molecular weight is 298 g/mol. The first-order valence-corrected chi connectivity index (χ1v) is 7.92. The van der Waals surface area contributed by atoms with Crippen molar-refractivity contribution < 1.29 is 4.74 Å². The van der Waals surface area contributed by atoms with Crippen molar-refractivity contribution in [1.82, 2.24) is 0 Å². The highest BCUT2D eigenvalue weighted by Crippen LogP contribution is 2.28. The third kappa shape index (κ3) is 3.79. The third-order valence-electron chi connectivity index (χ3n) is 3.05. The van der Waals surface area contributed by atoms with Crippen molar-refractivity contribution in [2.24, 2.45) is 4.99 Å². The monoisotopic (exact) mass is 298 g/mol. The smallest absolute Gasteiger partial charge is 0.161 e. The van der Waals surface area contributed by atoms with Crippen LogP contribution in [0.15, 0.2) is 59.6 Å². The van der Waals surface area contributed by atoms with E-state index >= 15 is 0 Å². The first-order valence-electron chi connectivity index (χ1n) is 6.93. The van der Waals surface area contributed by atoms with Crippen molar-refractivity contribution in [2.45, 2.75) is 19.4 Å². The standard InChI is InChI=1S/C17H18N2OS/c1-17(2)12-21-16(19-17)18-13-8-10-15(11-9-13)20-14-6-4-3-5-7-14/h3-11H,12H2,1-2H3,(H,18,19). The summed E-state index contributed by atoms with van der Waals surface area (Å²) in [5, 5.41) is 4.33. The third-order valence-corrected chi connectivity index (χ3v) is 4.37. The van der Waals surface area contributed by atoms with E-state index in [1.165, 1.54) is 0 Å². The second-order valence-electron chi connectivity index (χ2n) is 5.58. The fraction of sp³-hybridized carbons (Fsp3) is 0.235. The van der Waals surface area contributed by atoms with Crippen molar-refractivity contribution in [1.29, 1.82) is 0 Å². The lowest BCUT2D eigenvalue weighted by atomic mass is 10.1. The Balaban J connectivity index is 1.65. The molecular formula is C17H18N2OS.